The predicted molar refractivity (Wildman–Crippen MR) is 75.1 cm³/mol. The summed E-state index contributed by atoms with van der Waals surface area (Å²) in [6.07, 6.45) is 1.09. The molecule has 0 unspecified atom stereocenters. The molecule has 1 aliphatic carbocycles. The van der Waals surface area contributed by atoms with Gasteiger partial charge in [-0.25, -0.2) is 4.98 Å². The molecule has 1 fully saturated rings. The summed E-state index contributed by atoms with van der Waals surface area (Å²) in [7, 11) is 2.08. The van der Waals surface area contributed by atoms with Crippen LogP contribution in [0.2, 0.25) is 0 Å². The number of anilines is 1. The Bertz CT molecular complexity index is 759. The molecule has 0 saturated heterocycles. The minimum atomic E-state index is 0.435. The number of hydrogen-bond donors (Lipinski definition) is 1. The smallest absolute Gasteiger partial charge is 0.203 e. The normalized spacial score (nSPS) is 21.9. The molecule has 1 aromatic carbocycles. The van der Waals surface area contributed by atoms with Crippen molar-refractivity contribution in [1.82, 2.24) is 19.7 Å². The van der Waals surface area contributed by atoms with Gasteiger partial charge in [0.05, 0.1) is 11.0 Å². The second-order valence-electron chi connectivity index (χ2n) is 4.94. The van der Waals surface area contributed by atoms with Crippen LogP contribution >= 0.6 is 11.3 Å². The van der Waals surface area contributed by atoms with Crippen molar-refractivity contribution in [2.45, 2.75) is 18.3 Å². The van der Waals surface area contributed by atoms with Gasteiger partial charge in [-0.05, 0) is 18.6 Å². The fraction of sp³-hybridized carbons (Fsp3) is 0.308. The second kappa shape index (κ2) is 3.77. The first-order chi connectivity index (χ1) is 9.24. The lowest BCUT2D eigenvalue weighted by Gasteiger charge is -2.00. The highest BCUT2D eigenvalue weighted by Crippen LogP contribution is 2.55. The lowest BCUT2D eigenvalue weighted by Crippen LogP contribution is -1.96. The van der Waals surface area contributed by atoms with E-state index in [1.807, 2.05) is 12.1 Å². The molecule has 4 rings (SSSR count). The SMILES string of the molecule is Cn1c([C@@H]2C[C@H]2c2nnc(N)s2)nc2ccccc21. The van der Waals surface area contributed by atoms with Crippen LogP contribution in [0.25, 0.3) is 11.0 Å². The van der Waals surface area contributed by atoms with Crippen molar-refractivity contribution >= 4 is 27.5 Å². The first-order valence-corrected chi connectivity index (χ1v) is 7.06. The third-order valence-electron chi connectivity index (χ3n) is 3.72. The monoisotopic (exact) mass is 271 g/mol. The molecule has 2 N–H and O–H groups in total. The van der Waals surface area contributed by atoms with Crippen molar-refractivity contribution in [3.63, 3.8) is 0 Å². The molecular formula is C13H13N5S. The fourth-order valence-electron chi connectivity index (χ4n) is 2.65. The number of nitrogens with two attached hydrogens (primary N) is 1. The number of rotatable bonds is 2. The van der Waals surface area contributed by atoms with Gasteiger partial charge in [0.1, 0.15) is 10.8 Å². The van der Waals surface area contributed by atoms with Crippen LogP contribution in [0.5, 0.6) is 0 Å². The van der Waals surface area contributed by atoms with Crippen molar-refractivity contribution in [2.24, 2.45) is 7.05 Å². The molecule has 2 atom stereocenters. The van der Waals surface area contributed by atoms with E-state index in [4.69, 9.17) is 10.7 Å². The number of benzene rings is 1. The van der Waals surface area contributed by atoms with E-state index in [2.05, 4.69) is 33.9 Å². The van der Waals surface area contributed by atoms with Crippen molar-refractivity contribution in [2.75, 3.05) is 5.73 Å². The van der Waals surface area contributed by atoms with E-state index in [-0.39, 0.29) is 0 Å². The lowest BCUT2D eigenvalue weighted by atomic mass is 10.3. The number of para-hydroxylation sites is 2. The van der Waals surface area contributed by atoms with E-state index in [1.54, 1.807) is 0 Å². The number of nitrogen functional groups attached to an aromatic ring is 1. The molecule has 0 amide bonds. The summed E-state index contributed by atoms with van der Waals surface area (Å²) in [4.78, 5) is 4.74. The van der Waals surface area contributed by atoms with Gasteiger partial charge in [0.25, 0.3) is 0 Å². The Labute approximate surface area is 114 Å². The van der Waals surface area contributed by atoms with E-state index >= 15 is 0 Å². The maximum absolute atomic E-state index is 5.64. The summed E-state index contributed by atoms with van der Waals surface area (Å²) in [5.41, 5.74) is 7.88. The van der Waals surface area contributed by atoms with Crippen LogP contribution in [-0.2, 0) is 7.05 Å². The average molecular weight is 271 g/mol. The number of aromatic nitrogens is 4. The molecule has 0 bridgehead atoms. The van der Waals surface area contributed by atoms with Gasteiger partial charge < -0.3 is 10.3 Å². The van der Waals surface area contributed by atoms with E-state index in [9.17, 15) is 0 Å². The molecular weight excluding hydrogens is 258 g/mol. The van der Waals surface area contributed by atoms with Crippen LogP contribution < -0.4 is 5.73 Å². The highest BCUT2D eigenvalue weighted by Gasteiger charge is 2.44. The quantitative estimate of drug-likeness (QED) is 0.776. The molecule has 0 radical (unpaired) electrons. The minimum Gasteiger partial charge on any atom is -0.374 e. The molecule has 96 valence electrons. The third kappa shape index (κ3) is 1.63. The summed E-state index contributed by atoms with van der Waals surface area (Å²) >= 11 is 1.49. The molecule has 5 nitrogen and oxygen atoms in total. The van der Waals surface area contributed by atoms with Crippen molar-refractivity contribution < 1.29 is 0 Å². The summed E-state index contributed by atoms with van der Waals surface area (Å²) in [6.45, 7) is 0. The largest absolute Gasteiger partial charge is 0.374 e. The van der Waals surface area contributed by atoms with Crippen molar-refractivity contribution in [1.29, 1.82) is 0 Å². The highest BCUT2D eigenvalue weighted by molar-refractivity contribution is 7.15. The maximum atomic E-state index is 5.64. The first kappa shape index (κ1) is 10.9. The number of nitrogens with zero attached hydrogens (tertiary/aromatic N) is 4. The van der Waals surface area contributed by atoms with Gasteiger partial charge in [-0.3, -0.25) is 0 Å². The molecule has 3 aromatic rings. The fourth-order valence-corrected chi connectivity index (χ4v) is 3.43. The van der Waals surface area contributed by atoms with Crippen LogP contribution in [0, 0.1) is 0 Å². The van der Waals surface area contributed by atoms with Gasteiger partial charge >= 0.3 is 0 Å². The van der Waals surface area contributed by atoms with Gasteiger partial charge in [0, 0.05) is 18.9 Å². The summed E-state index contributed by atoms with van der Waals surface area (Å²) in [5, 5.41) is 9.62. The van der Waals surface area contributed by atoms with Crippen molar-refractivity contribution in [3.8, 4) is 0 Å². The van der Waals surface area contributed by atoms with Crippen molar-refractivity contribution in [3.05, 3.63) is 35.1 Å². The zero-order chi connectivity index (χ0) is 13.0. The number of fused-ring (bicyclic) bond motifs is 1. The predicted octanol–water partition coefficient (Wildman–Crippen LogP) is 2.28. The lowest BCUT2D eigenvalue weighted by molar-refractivity contribution is 0.799. The van der Waals surface area contributed by atoms with Crippen LogP contribution in [0.4, 0.5) is 5.13 Å². The molecule has 0 aliphatic heterocycles. The highest BCUT2D eigenvalue weighted by atomic mass is 32.1. The molecule has 19 heavy (non-hydrogen) atoms. The van der Waals surface area contributed by atoms with Gasteiger partial charge in [-0.2, -0.15) is 0 Å². The van der Waals surface area contributed by atoms with E-state index < -0.39 is 0 Å². The van der Waals surface area contributed by atoms with Crippen LogP contribution in [0.1, 0.15) is 29.1 Å². The maximum Gasteiger partial charge on any atom is 0.203 e. The molecule has 1 saturated carbocycles. The third-order valence-corrected chi connectivity index (χ3v) is 4.60. The molecule has 2 heterocycles. The molecule has 1 aliphatic rings. The average Bonchev–Trinajstić information content (AvgIpc) is 2.98. The van der Waals surface area contributed by atoms with Gasteiger partial charge in [0.2, 0.25) is 5.13 Å². The van der Waals surface area contributed by atoms with E-state index in [0.717, 1.165) is 22.8 Å². The van der Waals surface area contributed by atoms with E-state index in [1.165, 1.54) is 16.9 Å². The van der Waals surface area contributed by atoms with Crippen LogP contribution in [0.3, 0.4) is 0 Å². The Morgan fingerprint density at radius 2 is 2.11 bits per heavy atom. The molecule has 6 heteroatoms. The molecule has 0 spiro atoms. The zero-order valence-electron chi connectivity index (χ0n) is 10.4. The summed E-state index contributed by atoms with van der Waals surface area (Å²) in [5.74, 6) is 2.02. The number of imidazole rings is 1. The number of hydrogen-bond acceptors (Lipinski definition) is 5. The van der Waals surface area contributed by atoms with Gasteiger partial charge in [-0.1, -0.05) is 23.5 Å². The van der Waals surface area contributed by atoms with Crippen LogP contribution in [-0.4, -0.2) is 19.7 Å². The Morgan fingerprint density at radius 1 is 1.26 bits per heavy atom. The Balaban J connectivity index is 1.71. The van der Waals surface area contributed by atoms with E-state index in [0.29, 0.717) is 17.0 Å². The van der Waals surface area contributed by atoms with Gasteiger partial charge in [0.15, 0.2) is 0 Å². The molecule has 2 aromatic heterocycles. The standard InChI is InChI=1S/C13H13N5S/c1-18-10-5-3-2-4-9(10)15-11(18)7-6-8(7)12-16-17-13(14)19-12/h2-5,7-8H,6H2,1H3,(H2,14,17)/t7-,8-/m1/s1. The summed E-state index contributed by atoms with van der Waals surface area (Å²) in [6, 6.07) is 8.23. The second-order valence-corrected chi connectivity index (χ2v) is 5.99. The summed E-state index contributed by atoms with van der Waals surface area (Å²) < 4.78 is 2.18. The topological polar surface area (TPSA) is 69.6 Å². The van der Waals surface area contributed by atoms with Gasteiger partial charge in [-0.15, -0.1) is 10.2 Å². The Kier molecular flexibility index (Phi) is 2.17. The zero-order valence-corrected chi connectivity index (χ0v) is 11.3. The van der Waals surface area contributed by atoms with Crippen LogP contribution in [0.15, 0.2) is 24.3 Å². The minimum absolute atomic E-state index is 0.435. The Morgan fingerprint density at radius 3 is 2.84 bits per heavy atom. The Hall–Kier alpha value is -1.95. The number of aryl methyl sites for hydroxylation is 1. The first-order valence-electron chi connectivity index (χ1n) is 6.24.